The van der Waals surface area contributed by atoms with Crippen molar-refractivity contribution in [2.45, 2.75) is 63.6 Å². The summed E-state index contributed by atoms with van der Waals surface area (Å²) in [5, 5.41) is 4.95. The quantitative estimate of drug-likeness (QED) is 0.721. The minimum atomic E-state index is 0.297. The molecule has 8 heteroatoms. The van der Waals surface area contributed by atoms with Gasteiger partial charge in [0.15, 0.2) is 5.89 Å². The van der Waals surface area contributed by atoms with Gasteiger partial charge in [0.1, 0.15) is 11.5 Å². The van der Waals surface area contributed by atoms with E-state index >= 15 is 0 Å². The highest BCUT2D eigenvalue weighted by Crippen LogP contribution is 2.44. The van der Waals surface area contributed by atoms with Crippen LogP contribution in [0.2, 0.25) is 0 Å². The number of hydrogen-bond acceptors (Lipinski definition) is 7. The van der Waals surface area contributed by atoms with Crippen molar-refractivity contribution in [3.05, 3.63) is 23.3 Å². The maximum atomic E-state index is 6.20. The summed E-state index contributed by atoms with van der Waals surface area (Å²) in [6, 6.07) is 3.24. The number of rotatable bonds is 6. The van der Waals surface area contributed by atoms with Crippen LogP contribution < -0.4 is 9.80 Å². The van der Waals surface area contributed by atoms with Crippen molar-refractivity contribution in [3.63, 3.8) is 0 Å². The molecule has 0 bridgehead atoms. The maximum absolute atomic E-state index is 6.20. The van der Waals surface area contributed by atoms with Gasteiger partial charge in [-0.3, -0.25) is 0 Å². The first-order chi connectivity index (χ1) is 14.6. The first-order valence-electron chi connectivity index (χ1n) is 11.4. The Kier molecular flexibility index (Phi) is 4.35. The molecule has 0 aromatic carbocycles. The molecule has 0 N–H and O–H groups in total. The number of anilines is 2. The van der Waals surface area contributed by atoms with E-state index in [2.05, 4.69) is 41.3 Å². The first kappa shape index (κ1) is 18.7. The van der Waals surface area contributed by atoms with Crippen LogP contribution in [-0.2, 0) is 16.0 Å². The Morgan fingerprint density at radius 3 is 2.43 bits per heavy atom. The van der Waals surface area contributed by atoms with E-state index in [1.165, 1.54) is 11.5 Å². The molecule has 2 atom stereocenters. The van der Waals surface area contributed by atoms with Crippen molar-refractivity contribution in [2.75, 3.05) is 49.3 Å². The Morgan fingerprint density at radius 1 is 1.03 bits per heavy atom. The third-order valence-corrected chi connectivity index (χ3v) is 7.10. The third-order valence-electron chi connectivity index (χ3n) is 7.10. The monoisotopic (exact) mass is 413 g/mol. The highest BCUT2D eigenvalue weighted by atomic mass is 16.5. The van der Waals surface area contributed by atoms with E-state index in [1.54, 1.807) is 0 Å². The van der Waals surface area contributed by atoms with Gasteiger partial charge in [0.25, 0.3) is 0 Å². The maximum Gasteiger partial charge on any atom is 0.220 e. The molecule has 0 aliphatic carbocycles. The van der Waals surface area contributed by atoms with Gasteiger partial charge in [-0.1, -0.05) is 20.8 Å². The normalized spacial score (nSPS) is 24.9. The van der Waals surface area contributed by atoms with Crippen LogP contribution >= 0.6 is 0 Å². The van der Waals surface area contributed by atoms with Crippen molar-refractivity contribution in [1.82, 2.24) is 14.8 Å². The third kappa shape index (κ3) is 2.87. The lowest BCUT2D eigenvalue weighted by atomic mass is 9.92. The molecule has 2 fully saturated rings. The Balaban J connectivity index is 1.21. The van der Waals surface area contributed by atoms with Crippen LogP contribution in [0.4, 0.5) is 11.7 Å². The Morgan fingerprint density at radius 2 is 1.77 bits per heavy atom. The van der Waals surface area contributed by atoms with Gasteiger partial charge in [0.05, 0.1) is 50.7 Å². The van der Waals surface area contributed by atoms with Crippen molar-refractivity contribution in [2.24, 2.45) is 0 Å². The number of fused-ring (bicyclic) bond motifs is 2. The average molecular weight is 414 g/mol. The SMILES string of the molecule is CC(C)c1nc2c(o1)N(C1COC1)CC2CC(C)c1cc2n(n1)CCN2C1COC1. The van der Waals surface area contributed by atoms with Gasteiger partial charge in [-0.2, -0.15) is 5.10 Å². The van der Waals surface area contributed by atoms with Crippen LogP contribution in [0.1, 0.15) is 62.2 Å². The molecule has 4 aliphatic rings. The van der Waals surface area contributed by atoms with E-state index in [0.717, 1.165) is 70.0 Å². The highest BCUT2D eigenvalue weighted by molar-refractivity contribution is 5.52. The zero-order chi connectivity index (χ0) is 20.4. The Labute approximate surface area is 177 Å². The predicted molar refractivity (Wildman–Crippen MR) is 112 cm³/mol. The fourth-order valence-corrected chi connectivity index (χ4v) is 5.07. The minimum Gasteiger partial charge on any atom is -0.425 e. The number of oxazole rings is 1. The predicted octanol–water partition coefficient (Wildman–Crippen LogP) is 2.71. The van der Waals surface area contributed by atoms with Crippen LogP contribution in [0.25, 0.3) is 0 Å². The summed E-state index contributed by atoms with van der Waals surface area (Å²) in [6.45, 7) is 12.8. The van der Waals surface area contributed by atoms with Crippen LogP contribution in [0.3, 0.4) is 0 Å². The number of nitrogens with zero attached hydrogens (tertiary/aromatic N) is 5. The minimum absolute atomic E-state index is 0.297. The molecule has 8 nitrogen and oxygen atoms in total. The molecular formula is C22H31N5O3. The van der Waals surface area contributed by atoms with E-state index in [9.17, 15) is 0 Å². The number of aromatic nitrogens is 3. The van der Waals surface area contributed by atoms with Gasteiger partial charge in [-0.25, -0.2) is 9.67 Å². The molecule has 0 saturated carbocycles. The van der Waals surface area contributed by atoms with Gasteiger partial charge in [0, 0.05) is 36.9 Å². The van der Waals surface area contributed by atoms with Crippen molar-refractivity contribution < 1.29 is 13.9 Å². The smallest absolute Gasteiger partial charge is 0.220 e. The standard InChI is InChI=1S/C22H31N5O3/c1-13(2)21-23-20-15(8-26(22(20)30-21)17-11-29-12-17)6-14(3)18-7-19-25(16-9-28-10-16)4-5-27(19)24-18/h7,13-17H,4-6,8-12H2,1-3H3. The summed E-state index contributed by atoms with van der Waals surface area (Å²) in [6.07, 6.45) is 1.03. The van der Waals surface area contributed by atoms with Crippen LogP contribution in [-0.4, -0.2) is 66.4 Å². The second-order valence-electron chi connectivity index (χ2n) is 9.61. The van der Waals surface area contributed by atoms with Crippen LogP contribution in [0.5, 0.6) is 0 Å². The van der Waals surface area contributed by atoms with Gasteiger partial charge in [-0.05, 0) is 6.42 Å². The lowest BCUT2D eigenvalue weighted by Crippen LogP contribution is -2.48. The summed E-state index contributed by atoms with van der Waals surface area (Å²) in [5.74, 6) is 4.13. The fraction of sp³-hybridized carbons (Fsp3) is 0.727. The first-order valence-corrected chi connectivity index (χ1v) is 11.4. The molecule has 6 heterocycles. The molecule has 6 rings (SSSR count). The molecular weight excluding hydrogens is 382 g/mol. The second-order valence-corrected chi connectivity index (χ2v) is 9.61. The second kappa shape index (κ2) is 6.99. The zero-order valence-electron chi connectivity index (χ0n) is 18.1. The van der Waals surface area contributed by atoms with E-state index in [4.69, 9.17) is 24.0 Å². The Hall–Kier alpha value is -2.06. The number of ether oxygens (including phenoxy) is 2. The van der Waals surface area contributed by atoms with Crippen LogP contribution in [0.15, 0.2) is 10.5 Å². The van der Waals surface area contributed by atoms with Crippen molar-refractivity contribution in [1.29, 1.82) is 0 Å². The Bertz CT molecular complexity index is 929. The fourth-order valence-electron chi connectivity index (χ4n) is 5.07. The van der Waals surface area contributed by atoms with Crippen molar-refractivity contribution >= 4 is 11.7 Å². The van der Waals surface area contributed by atoms with E-state index in [1.807, 2.05) is 0 Å². The van der Waals surface area contributed by atoms with E-state index in [0.29, 0.717) is 29.8 Å². The average Bonchev–Trinajstić information content (AvgIpc) is 3.35. The lowest BCUT2D eigenvalue weighted by Gasteiger charge is -2.35. The molecule has 30 heavy (non-hydrogen) atoms. The number of hydrogen-bond donors (Lipinski definition) is 0. The molecule has 2 aromatic heterocycles. The largest absolute Gasteiger partial charge is 0.425 e. The van der Waals surface area contributed by atoms with Gasteiger partial charge in [0.2, 0.25) is 5.88 Å². The van der Waals surface area contributed by atoms with Gasteiger partial charge in [-0.15, -0.1) is 0 Å². The lowest BCUT2D eigenvalue weighted by molar-refractivity contribution is 0.00711. The van der Waals surface area contributed by atoms with Crippen LogP contribution in [0, 0.1) is 0 Å². The molecule has 2 saturated heterocycles. The topological polar surface area (TPSA) is 68.8 Å². The van der Waals surface area contributed by atoms with E-state index < -0.39 is 0 Å². The molecule has 4 aliphatic heterocycles. The molecule has 2 unspecified atom stereocenters. The molecule has 0 amide bonds. The van der Waals surface area contributed by atoms with Gasteiger partial charge >= 0.3 is 0 Å². The molecule has 2 aromatic rings. The molecule has 0 spiro atoms. The summed E-state index contributed by atoms with van der Waals surface area (Å²) in [4.78, 5) is 9.77. The van der Waals surface area contributed by atoms with Crippen molar-refractivity contribution in [3.8, 4) is 0 Å². The molecule has 0 radical (unpaired) electrons. The molecule has 162 valence electrons. The van der Waals surface area contributed by atoms with E-state index in [-0.39, 0.29) is 0 Å². The summed E-state index contributed by atoms with van der Waals surface area (Å²) >= 11 is 0. The zero-order valence-corrected chi connectivity index (χ0v) is 18.1. The van der Waals surface area contributed by atoms with Gasteiger partial charge < -0.3 is 23.7 Å². The summed E-state index contributed by atoms with van der Waals surface area (Å²) in [7, 11) is 0. The summed E-state index contributed by atoms with van der Waals surface area (Å²) in [5.41, 5.74) is 2.33. The summed E-state index contributed by atoms with van der Waals surface area (Å²) < 4.78 is 19.2. The highest BCUT2D eigenvalue weighted by Gasteiger charge is 2.41.